The van der Waals surface area contributed by atoms with Crippen LogP contribution in [0.25, 0.3) is 0 Å². The van der Waals surface area contributed by atoms with Crippen molar-refractivity contribution in [2.24, 2.45) is 0 Å². The molecule has 0 spiro atoms. The van der Waals surface area contributed by atoms with E-state index in [1.807, 2.05) is 6.92 Å². The van der Waals surface area contributed by atoms with Gasteiger partial charge < -0.3 is 10.1 Å². The van der Waals surface area contributed by atoms with E-state index in [1.165, 1.54) is 12.1 Å². The number of halogens is 2. The SMILES string of the molecule is CCCNC(C(=O)OCC)c1cc(F)ccc1Br. The molecular formula is C13H17BrFNO2. The van der Waals surface area contributed by atoms with Gasteiger partial charge in [0.1, 0.15) is 11.9 Å². The van der Waals surface area contributed by atoms with Crippen LogP contribution in [0.5, 0.6) is 0 Å². The van der Waals surface area contributed by atoms with Crippen molar-refractivity contribution in [3.8, 4) is 0 Å². The standard InChI is InChI=1S/C13H17BrFNO2/c1-3-7-16-12(13(17)18-4-2)10-8-9(15)5-6-11(10)14/h5-6,8,12,16H,3-4,7H2,1-2H3. The minimum Gasteiger partial charge on any atom is -0.465 e. The van der Waals surface area contributed by atoms with Gasteiger partial charge in [-0.05, 0) is 43.7 Å². The van der Waals surface area contributed by atoms with Crippen molar-refractivity contribution in [1.82, 2.24) is 5.32 Å². The fraction of sp³-hybridized carbons (Fsp3) is 0.462. The predicted molar refractivity (Wildman–Crippen MR) is 71.8 cm³/mol. The van der Waals surface area contributed by atoms with Crippen LogP contribution in [-0.2, 0) is 9.53 Å². The molecule has 1 atom stereocenters. The van der Waals surface area contributed by atoms with E-state index < -0.39 is 12.0 Å². The number of carbonyl (C=O) groups excluding carboxylic acids is 1. The van der Waals surface area contributed by atoms with E-state index in [0.29, 0.717) is 23.2 Å². The number of carbonyl (C=O) groups is 1. The van der Waals surface area contributed by atoms with Gasteiger partial charge in [0, 0.05) is 4.47 Å². The minimum absolute atomic E-state index is 0.302. The lowest BCUT2D eigenvalue weighted by Gasteiger charge is -2.18. The summed E-state index contributed by atoms with van der Waals surface area (Å²) in [4.78, 5) is 11.9. The van der Waals surface area contributed by atoms with Crippen molar-refractivity contribution < 1.29 is 13.9 Å². The zero-order chi connectivity index (χ0) is 13.5. The summed E-state index contributed by atoms with van der Waals surface area (Å²) in [5, 5.41) is 3.07. The third-order valence-electron chi connectivity index (χ3n) is 2.39. The van der Waals surface area contributed by atoms with Crippen LogP contribution in [-0.4, -0.2) is 19.1 Å². The first-order valence-corrected chi connectivity index (χ1v) is 6.74. The van der Waals surface area contributed by atoms with Gasteiger partial charge in [-0.15, -0.1) is 0 Å². The van der Waals surface area contributed by atoms with Crippen LogP contribution < -0.4 is 5.32 Å². The lowest BCUT2D eigenvalue weighted by molar-refractivity contribution is -0.145. The minimum atomic E-state index is -0.644. The number of nitrogens with one attached hydrogen (secondary N) is 1. The molecule has 0 aliphatic carbocycles. The van der Waals surface area contributed by atoms with E-state index in [0.717, 1.165) is 6.42 Å². The molecule has 0 aliphatic rings. The van der Waals surface area contributed by atoms with Crippen LogP contribution in [0.3, 0.4) is 0 Å². The Morgan fingerprint density at radius 2 is 2.22 bits per heavy atom. The number of ether oxygens (including phenoxy) is 1. The Balaban J connectivity index is 3.00. The van der Waals surface area contributed by atoms with Crippen LogP contribution in [0.4, 0.5) is 4.39 Å². The van der Waals surface area contributed by atoms with Crippen molar-refractivity contribution in [2.45, 2.75) is 26.3 Å². The summed E-state index contributed by atoms with van der Waals surface area (Å²) in [5.41, 5.74) is 0.557. The molecular weight excluding hydrogens is 301 g/mol. The molecule has 1 aromatic rings. The Bertz CT molecular complexity index is 412. The molecule has 0 heterocycles. The zero-order valence-corrected chi connectivity index (χ0v) is 12.1. The van der Waals surface area contributed by atoms with Gasteiger partial charge in [0.15, 0.2) is 0 Å². The van der Waals surface area contributed by atoms with E-state index in [1.54, 1.807) is 13.0 Å². The van der Waals surface area contributed by atoms with Crippen LogP contribution in [0.1, 0.15) is 31.9 Å². The zero-order valence-electron chi connectivity index (χ0n) is 10.5. The molecule has 0 aliphatic heterocycles. The van der Waals surface area contributed by atoms with Gasteiger partial charge in [-0.1, -0.05) is 22.9 Å². The van der Waals surface area contributed by atoms with Crippen molar-refractivity contribution in [2.75, 3.05) is 13.2 Å². The Morgan fingerprint density at radius 1 is 1.50 bits per heavy atom. The van der Waals surface area contributed by atoms with Gasteiger partial charge in [-0.2, -0.15) is 0 Å². The molecule has 5 heteroatoms. The highest BCUT2D eigenvalue weighted by molar-refractivity contribution is 9.10. The monoisotopic (exact) mass is 317 g/mol. The Hall–Kier alpha value is -0.940. The lowest BCUT2D eigenvalue weighted by atomic mass is 10.1. The molecule has 3 nitrogen and oxygen atoms in total. The van der Waals surface area contributed by atoms with Crippen LogP contribution in [0.2, 0.25) is 0 Å². The number of esters is 1. The quantitative estimate of drug-likeness (QED) is 0.819. The van der Waals surface area contributed by atoms with Crippen molar-refractivity contribution in [3.63, 3.8) is 0 Å². The second kappa shape index (κ2) is 7.48. The average Bonchev–Trinajstić information content (AvgIpc) is 2.34. The summed E-state index contributed by atoms with van der Waals surface area (Å²) in [7, 11) is 0. The van der Waals surface area contributed by atoms with Gasteiger partial charge in [0.2, 0.25) is 0 Å². The molecule has 0 amide bonds. The van der Waals surface area contributed by atoms with E-state index in [9.17, 15) is 9.18 Å². The van der Waals surface area contributed by atoms with Crippen molar-refractivity contribution >= 4 is 21.9 Å². The normalized spacial score (nSPS) is 12.2. The maximum absolute atomic E-state index is 13.3. The maximum Gasteiger partial charge on any atom is 0.327 e. The molecule has 0 radical (unpaired) electrons. The van der Waals surface area contributed by atoms with Gasteiger partial charge in [-0.3, -0.25) is 0 Å². The van der Waals surface area contributed by atoms with E-state index in [4.69, 9.17) is 4.74 Å². The molecule has 0 bridgehead atoms. The highest BCUT2D eigenvalue weighted by atomic mass is 79.9. The third kappa shape index (κ3) is 4.07. The third-order valence-corrected chi connectivity index (χ3v) is 3.11. The molecule has 1 rings (SSSR count). The molecule has 0 saturated carbocycles. The fourth-order valence-electron chi connectivity index (χ4n) is 1.57. The number of rotatable bonds is 6. The maximum atomic E-state index is 13.3. The smallest absolute Gasteiger partial charge is 0.327 e. The summed E-state index contributed by atoms with van der Waals surface area (Å²) >= 11 is 3.33. The fourth-order valence-corrected chi connectivity index (χ4v) is 2.05. The topological polar surface area (TPSA) is 38.3 Å². The van der Waals surface area contributed by atoms with Crippen LogP contribution in [0.15, 0.2) is 22.7 Å². The highest BCUT2D eigenvalue weighted by Gasteiger charge is 2.23. The first-order chi connectivity index (χ1) is 8.60. The molecule has 0 saturated heterocycles. The van der Waals surface area contributed by atoms with Gasteiger partial charge in [-0.25, -0.2) is 9.18 Å². The summed E-state index contributed by atoms with van der Waals surface area (Å²) in [6.45, 7) is 4.70. The summed E-state index contributed by atoms with van der Waals surface area (Å²) < 4.78 is 19.0. The molecule has 1 N–H and O–H groups in total. The molecule has 1 unspecified atom stereocenters. The Labute approximate surface area is 115 Å². The van der Waals surface area contributed by atoms with Gasteiger partial charge in [0.25, 0.3) is 0 Å². The van der Waals surface area contributed by atoms with E-state index >= 15 is 0 Å². The van der Waals surface area contributed by atoms with Crippen LogP contribution in [0, 0.1) is 5.82 Å². The largest absolute Gasteiger partial charge is 0.465 e. The van der Waals surface area contributed by atoms with Gasteiger partial charge >= 0.3 is 5.97 Å². The lowest BCUT2D eigenvalue weighted by Crippen LogP contribution is -2.31. The second-order valence-electron chi connectivity index (χ2n) is 3.81. The van der Waals surface area contributed by atoms with E-state index in [-0.39, 0.29) is 5.82 Å². The molecule has 0 aromatic heterocycles. The van der Waals surface area contributed by atoms with Crippen molar-refractivity contribution in [3.05, 3.63) is 34.1 Å². The Kier molecular flexibility index (Phi) is 6.29. The Morgan fingerprint density at radius 3 is 2.83 bits per heavy atom. The van der Waals surface area contributed by atoms with Crippen LogP contribution >= 0.6 is 15.9 Å². The number of hydrogen-bond acceptors (Lipinski definition) is 3. The summed E-state index contributed by atoms with van der Waals surface area (Å²) in [5.74, 6) is -0.766. The van der Waals surface area contributed by atoms with E-state index in [2.05, 4.69) is 21.2 Å². The molecule has 18 heavy (non-hydrogen) atoms. The first-order valence-electron chi connectivity index (χ1n) is 5.95. The van der Waals surface area contributed by atoms with Gasteiger partial charge in [0.05, 0.1) is 6.61 Å². The summed E-state index contributed by atoms with van der Waals surface area (Å²) in [6, 6.07) is 3.63. The molecule has 100 valence electrons. The second-order valence-corrected chi connectivity index (χ2v) is 4.66. The predicted octanol–water partition coefficient (Wildman–Crippen LogP) is 3.19. The average molecular weight is 318 g/mol. The first kappa shape index (κ1) is 15.1. The summed E-state index contributed by atoms with van der Waals surface area (Å²) in [6.07, 6.45) is 0.878. The highest BCUT2D eigenvalue weighted by Crippen LogP contribution is 2.25. The molecule has 0 fully saturated rings. The van der Waals surface area contributed by atoms with Crippen molar-refractivity contribution in [1.29, 1.82) is 0 Å². The number of hydrogen-bond donors (Lipinski definition) is 1. The molecule has 1 aromatic carbocycles. The number of benzene rings is 1.